The summed E-state index contributed by atoms with van der Waals surface area (Å²) in [6, 6.07) is 9.09. The number of hydrogen-bond donors (Lipinski definition) is 0. The second-order valence-electron chi connectivity index (χ2n) is 4.50. The van der Waals surface area contributed by atoms with Gasteiger partial charge < -0.3 is 4.90 Å². The van der Waals surface area contributed by atoms with E-state index in [1.807, 2.05) is 12.3 Å². The molecule has 0 saturated carbocycles. The molecule has 1 saturated heterocycles. The molecule has 90 valence electrons. The third-order valence-corrected chi connectivity index (χ3v) is 4.23. The van der Waals surface area contributed by atoms with Crippen molar-refractivity contribution >= 4 is 17.4 Å². The molecular weight excluding hydrogens is 228 g/mol. The molecule has 1 aliphatic heterocycles. The van der Waals surface area contributed by atoms with E-state index in [0.717, 1.165) is 22.7 Å². The van der Waals surface area contributed by atoms with Crippen molar-refractivity contribution in [1.82, 2.24) is 0 Å². The number of anilines is 1. The van der Waals surface area contributed by atoms with Gasteiger partial charge in [-0.25, -0.2) is 0 Å². The number of benzene rings is 1. The number of rotatable bonds is 2. The predicted octanol–water partition coefficient (Wildman–Crippen LogP) is 3.66. The second kappa shape index (κ2) is 5.46. The molecule has 0 spiro atoms. The maximum absolute atomic E-state index is 9.36. The van der Waals surface area contributed by atoms with Crippen LogP contribution in [0.15, 0.2) is 23.1 Å². The first-order valence-electron chi connectivity index (χ1n) is 6.11. The Labute approximate surface area is 108 Å². The van der Waals surface area contributed by atoms with Crippen LogP contribution >= 0.6 is 11.8 Å². The van der Waals surface area contributed by atoms with E-state index in [4.69, 9.17) is 0 Å². The Morgan fingerprint density at radius 3 is 2.88 bits per heavy atom. The largest absolute Gasteiger partial charge is 0.368 e. The van der Waals surface area contributed by atoms with Crippen LogP contribution in [0, 0.1) is 11.3 Å². The van der Waals surface area contributed by atoms with E-state index >= 15 is 0 Å². The van der Waals surface area contributed by atoms with Gasteiger partial charge in [0.1, 0.15) is 6.07 Å². The van der Waals surface area contributed by atoms with Gasteiger partial charge in [-0.2, -0.15) is 5.26 Å². The molecule has 0 bridgehead atoms. The van der Waals surface area contributed by atoms with E-state index in [0.29, 0.717) is 6.04 Å². The fourth-order valence-electron chi connectivity index (χ4n) is 2.50. The zero-order valence-corrected chi connectivity index (χ0v) is 11.3. The molecule has 0 N–H and O–H groups in total. The number of nitrogens with zero attached hydrogens (tertiary/aromatic N) is 2. The van der Waals surface area contributed by atoms with Crippen molar-refractivity contribution in [2.45, 2.75) is 37.1 Å². The molecule has 2 rings (SSSR count). The Balaban J connectivity index is 2.40. The first-order valence-corrected chi connectivity index (χ1v) is 7.34. The molecule has 1 aromatic rings. The van der Waals surface area contributed by atoms with Gasteiger partial charge in [0, 0.05) is 17.5 Å². The highest BCUT2D eigenvalue weighted by Crippen LogP contribution is 2.32. The molecule has 17 heavy (non-hydrogen) atoms. The standard InChI is InChI=1S/C14H18N2S/c1-11-6-3-4-9-16(11)13-7-5-8-14(17-2)12(13)10-15/h5,7-8,11H,3-4,6,9H2,1-2H3. The monoisotopic (exact) mass is 246 g/mol. The molecule has 3 heteroatoms. The summed E-state index contributed by atoms with van der Waals surface area (Å²) in [7, 11) is 0. The van der Waals surface area contributed by atoms with Crippen LogP contribution in [-0.4, -0.2) is 18.8 Å². The fourth-order valence-corrected chi connectivity index (χ4v) is 3.07. The summed E-state index contributed by atoms with van der Waals surface area (Å²) in [5.74, 6) is 0. The summed E-state index contributed by atoms with van der Waals surface area (Å²) < 4.78 is 0. The third-order valence-electron chi connectivity index (χ3n) is 3.45. The fraction of sp³-hybridized carbons (Fsp3) is 0.500. The molecule has 2 nitrogen and oxygen atoms in total. The van der Waals surface area contributed by atoms with E-state index < -0.39 is 0 Å². The lowest BCUT2D eigenvalue weighted by atomic mass is 10.0. The molecule has 1 fully saturated rings. The topological polar surface area (TPSA) is 27.0 Å². The first kappa shape index (κ1) is 12.3. The maximum Gasteiger partial charge on any atom is 0.103 e. The summed E-state index contributed by atoms with van der Waals surface area (Å²) in [4.78, 5) is 3.48. The van der Waals surface area contributed by atoms with Gasteiger partial charge in [-0.15, -0.1) is 11.8 Å². The van der Waals surface area contributed by atoms with E-state index in [9.17, 15) is 5.26 Å². The quantitative estimate of drug-likeness (QED) is 0.745. The van der Waals surface area contributed by atoms with Crippen LogP contribution in [0.3, 0.4) is 0 Å². The van der Waals surface area contributed by atoms with Crippen molar-refractivity contribution in [3.63, 3.8) is 0 Å². The summed E-state index contributed by atoms with van der Waals surface area (Å²) in [5.41, 5.74) is 1.96. The molecule has 0 amide bonds. The minimum absolute atomic E-state index is 0.549. The minimum atomic E-state index is 0.549. The molecule has 0 aliphatic carbocycles. The van der Waals surface area contributed by atoms with Crippen molar-refractivity contribution in [3.05, 3.63) is 23.8 Å². The van der Waals surface area contributed by atoms with Crippen molar-refractivity contribution in [3.8, 4) is 6.07 Å². The Hall–Kier alpha value is -1.14. The lowest BCUT2D eigenvalue weighted by molar-refractivity contribution is 0.484. The van der Waals surface area contributed by atoms with Crippen LogP contribution in [0.4, 0.5) is 5.69 Å². The van der Waals surface area contributed by atoms with Gasteiger partial charge in [-0.05, 0) is 44.6 Å². The van der Waals surface area contributed by atoms with E-state index in [2.05, 4.69) is 30.0 Å². The first-order chi connectivity index (χ1) is 8.27. The number of hydrogen-bond acceptors (Lipinski definition) is 3. The lowest BCUT2D eigenvalue weighted by Gasteiger charge is -2.36. The van der Waals surface area contributed by atoms with Crippen molar-refractivity contribution in [2.75, 3.05) is 17.7 Å². The zero-order valence-electron chi connectivity index (χ0n) is 10.4. The molecule has 1 unspecified atom stereocenters. The van der Waals surface area contributed by atoms with Gasteiger partial charge >= 0.3 is 0 Å². The highest BCUT2D eigenvalue weighted by molar-refractivity contribution is 7.98. The summed E-state index contributed by atoms with van der Waals surface area (Å²) in [5, 5.41) is 9.36. The number of thioether (sulfide) groups is 1. The van der Waals surface area contributed by atoms with Crippen LogP contribution in [-0.2, 0) is 0 Å². The van der Waals surface area contributed by atoms with E-state index in [1.54, 1.807) is 11.8 Å². The summed E-state index contributed by atoms with van der Waals surface area (Å²) in [6.45, 7) is 3.33. The minimum Gasteiger partial charge on any atom is -0.368 e. The summed E-state index contributed by atoms with van der Waals surface area (Å²) in [6.07, 6.45) is 5.80. The van der Waals surface area contributed by atoms with Crippen LogP contribution in [0.5, 0.6) is 0 Å². The molecule has 1 atom stereocenters. The van der Waals surface area contributed by atoms with Crippen molar-refractivity contribution < 1.29 is 0 Å². The van der Waals surface area contributed by atoms with E-state index in [-0.39, 0.29) is 0 Å². The highest BCUT2D eigenvalue weighted by Gasteiger charge is 2.21. The second-order valence-corrected chi connectivity index (χ2v) is 5.35. The van der Waals surface area contributed by atoms with Gasteiger partial charge in [0.2, 0.25) is 0 Å². The van der Waals surface area contributed by atoms with Gasteiger partial charge in [0.05, 0.1) is 11.3 Å². The van der Waals surface area contributed by atoms with Crippen LogP contribution in [0.1, 0.15) is 31.7 Å². The number of piperidine rings is 1. The third kappa shape index (κ3) is 2.42. The highest BCUT2D eigenvalue weighted by atomic mass is 32.2. The molecule has 1 heterocycles. The number of nitriles is 1. The molecular formula is C14H18N2S. The Bertz CT molecular complexity index is 436. The SMILES string of the molecule is CSc1cccc(N2CCCCC2C)c1C#N. The average Bonchev–Trinajstić information content (AvgIpc) is 2.38. The molecule has 1 aromatic carbocycles. The normalized spacial score (nSPS) is 20.1. The Kier molecular flexibility index (Phi) is 3.96. The van der Waals surface area contributed by atoms with Gasteiger partial charge in [-0.3, -0.25) is 0 Å². The van der Waals surface area contributed by atoms with Gasteiger partial charge in [0.15, 0.2) is 0 Å². The molecule has 1 aliphatic rings. The lowest BCUT2D eigenvalue weighted by Crippen LogP contribution is -2.37. The Morgan fingerprint density at radius 2 is 2.24 bits per heavy atom. The maximum atomic E-state index is 9.36. The van der Waals surface area contributed by atoms with Gasteiger partial charge in [-0.1, -0.05) is 6.07 Å². The van der Waals surface area contributed by atoms with Crippen LogP contribution in [0.2, 0.25) is 0 Å². The Morgan fingerprint density at radius 1 is 1.41 bits per heavy atom. The predicted molar refractivity (Wildman–Crippen MR) is 73.6 cm³/mol. The van der Waals surface area contributed by atoms with Crippen LogP contribution in [0.25, 0.3) is 0 Å². The molecule has 0 aromatic heterocycles. The van der Waals surface area contributed by atoms with Crippen molar-refractivity contribution in [1.29, 1.82) is 5.26 Å². The molecule has 0 radical (unpaired) electrons. The zero-order chi connectivity index (χ0) is 12.3. The van der Waals surface area contributed by atoms with E-state index in [1.165, 1.54) is 19.3 Å². The van der Waals surface area contributed by atoms with Crippen LogP contribution < -0.4 is 4.90 Å². The smallest absolute Gasteiger partial charge is 0.103 e. The van der Waals surface area contributed by atoms with Crippen molar-refractivity contribution in [2.24, 2.45) is 0 Å². The average molecular weight is 246 g/mol. The van der Waals surface area contributed by atoms with Gasteiger partial charge in [0.25, 0.3) is 0 Å². The summed E-state index contributed by atoms with van der Waals surface area (Å²) >= 11 is 1.65.